The first-order chi connectivity index (χ1) is 5.73. The van der Waals surface area contributed by atoms with E-state index < -0.39 is 5.97 Å². The average Bonchev–Trinajstić information content (AvgIpc) is 2.42. The standard InChI is InChI=1S/C9H15NO2/c11-8(12)6-9-4-1-2-7(9)3-5-10-9/h7,10H,1-6H2,(H,11,12). The molecule has 0 aromatic carbocycles. The maximum Gasteiger partial charge on any atom is 0.305 e. The Bertz CT molecular complexity index is 193. The number of carboxylic acids is 1. The molecule has 0 radical (unpaired) electrons. The van der Waals surface area contributed by atoms with Gasteiger partial charge in [0.05, 0.1) is 6.42 Å². The molecule has 0 aromatic heterocycles. The highest BCUT2D eigenvalue weighted by molar-refractivity contribution is 5.68. The summed E-state index contributed by atoms with van der Waals surface area (Å²) in [6, 6.07) is 0. The van der Waals surface area contributed by atoms with Crippen LogP contribution in [0.2, 0.25) is 0 Å². The van der Waals surface area contributed by atoms with Gasteiger partial charge in [0, 0.05) is 5.54 Å². The van der Waals surface area contributed by atoms with Gasteiger partial charge in [-0.3, -0.25) is 4.79 Å². The summed E-state index contributed by atoms with van der Waals surface area (Å²) in [7, 11) is 0. The number of carbonyl (C=O) groups is 1. The summed E-state index contributed by atoms with van der Waals surface area (Å²) >= 11 is 0. The molecule has 12 heavy (non-hydrogen) atoms. The zero-order valence-corrected chi connectivity index (χ0v) is 7.18. The molecule has 3 heteroatoms. The van der Waals surface area contributed by atoms with Crippen molar-refractivity contribution in [1.29, 1.82) is 0 Å². The molecule has 1 heterocycles. The molecular weight excluding hydrogens is 154 g/mol. The predicted molar refractivity (Wildman–Crippen MR) is 44.9 cm³/mol. The van der Waals surface area contributed by atoms with Gasteiger partial charge in [-0.2, -0.15) is 0 Å². The fraction of sp³-hybridized carbons (Fsp3) is 0.889. The molecule has 2 atom stereocenters. The summed E-state index contributed by atoms with van der Waals surface area (Å²) in [6.07, 6.45) is 4.97. The van der Waals surface area contributed by atoms with Crippen molar-refractivity contribution in [2.45, 2.75) is 37.6 Å². The van der Waals surface area contributed by atoms with Gasteiger partial charge >= 0.3 is 5.97 Å². The molecule has 0 spiro atoms. The molecular formula is C9H15NO2. The van der Waals surface area contributed by atoms with E-state index in [0.717, 1.165) is 13.0 Å². The summed E-state index contributed by atoms with van der Waals surface area (Å²) in [4.78, 5) is 10.7. The minimum absolute atomic E-state index is 0.0220. The fourth-order valence-corrected chi connectivity index (χ4v) is 2.86. The summed E-state index contributed by atoms with van der Waals surface area (Å²) in [5.74, 6) is -0.0232. The van der Waals surface area contributed by atoms with Gasteiger partial charge in [0.15, 0.2) is 0 Å². The van der Waals surface area contributed by atoms with Crippen LogP contribution in [0, 0.1) is 5.92 Å². The van der Waals surface area contributed by atoms with Gasteiger partial charge < -0.3 is 10.4 Å². The Morgan fingerprint density at radius 1 is 1.58 bits per heavy atom. The lowest BCUT2D eigenvalue weighted by atomic mass is 9.86. The van der Waals surface area contributed by atoms with Crippen molar-refractivity contribution in [3.05, 3.63) is 0 Å². The molecule has 2 unspecified atom stereocenters. The third kappa shape index (κ3) is 1.12. The van der Waals surface area contributed by atoms with E-state index >= 15 is 0 Å². The van der Waals surface area contributed by atoms with Gasteiger partial charge in [-0.1, -0.05) is 6.42 Å². The minimum atomic E-state index is -0.656. The average molecular weight is 169 g/mol. The molecule has 68 valence electrons. The van der Waals surface area contributed by atoms with E-state index in [1.165, 1.54) is 19.3 Å². The number of nitrogens with one attached hydrogen (secondary N) is 1. The van der Waals surface area contributed by atoms with E-state index in [1.807, 2.05) is 0 Å². The van der Waals surface area contributed by atoms with Gasteiger partial charge in [-0.15, -0.1) is 0 Å². The molecule has 1 aliphatic heterocycles. The van der Waals surface area contributed by atoms with Crippen molar-refractivity contribution in [2.75, 3.05) is 6.54 Å². The van der Waals surface area contributed by atoms with Crippen LogP contribution < -0.4 is 5.32 Å². The molecule has 3 nitrogen and oxygen atoms in total. The first kappa shape index (κ1) is 8.05. The van der Waals surface area contributed by atoms with Crippen molar-refractivity contribution >= 4 is 5.97 Å². The molecule has 1 saturated carbocycles. The van der Waals surface area contributed by atoms with Crippen LogP contribution in [-0.2, 0) is 4.79 Å². The quantitative estimate of drug-likeness (QED) is 0.648. The number of hydrogen-bond acceptors (Lipinski definition) is 2. The lowest BCUT2D eigenvalue weighted by Crippen LogP contribution is -2.43. The smallest absolute Gasteiger partial charge is 0.305 e. The van der Waals surface area contributed by atoms with Crippen LogP contribution in [0.4, 0.5) is 0 Å². The van der Waals surface area contributed by atoms with Crippen molar-refractivity contribution < 1.29 is 9.90 Å². The number of fused-ring (bicyclic) bond motifs is 1. The Morgan fingerprint density at radius 2 is 2.42 bits per heavy atom. The maximum atomic E-state index is 10.7. The van der Waals surface area contributed by atoms with Crippen LogP contribution in [0.1, 0.15) is 32.1 Å². The summed E-state index contributed by atoms with van der Waals surface area (Å²) in [5, 5.41) is 12.2. The van der Waals surface area contributed by atoms with E-state index in [2.05, 4.69) is 5.32 Å². The fourth-order valence-electron chi connectivity index (χ4n) is 2.86. The molecule has 0 aromatic rings. The number of carboxylic acid groups (broad SMARTS) is 1. The van der Waals surface area contributed by atoms with Crippen LogP contribution in [0.15, 0.2) is 0 Å². The highest BCUT2D eigenvalue weighted by Crippen LogP contribution is 2.43. The molecule has 2 rings (SSSR count). The molecule has 1 aliphatic carbocycles. The van der Waals surface area contributed by atoms with Crippen molar-refractivity contribution in [3.63, 3.8) is 0 Å². The van der Waals surface area contributed by atoms with E-state index in [4.69, 9.17) is 5.11 Å². The number of rotatable bonds is 2. The zero-order valence-electron chi connectivity index (χ0n) is 7.18. The van der Waals surface area contributed by atoms with Gasteiger partial charge in [-0.05, 0) is 31.7 Å². The molecule has 0 amide bonds. The second-order valence-corrected chi connectivity index (χ2v) is 4.03. The van der Waals surface area contributed by atoms with Crippen LogP contribution >= 0.6 is 0 Å². The van der Waals surface area contributed by atoms with Gasteiger partial charge in [-0.25, -0.2) is 0 Å². The van der Waals surface area contributed by atoms with Gasteiger partial charge in [0.1, 0.15) is 0 Å². The molecule has 0 bridgehead atoms. The van der Waals surface area contributed by atoms with Crippen molar-refractivity contribution in [3.8, 4) is 0 Å². The molecule has 2 fully saturated rings. The van der Waals surface area contributed by atoms with Crippen LogP contribution in [0.5, 0.6) is 0 Å². The SMILES string of the molecule is O=C(O)CC12CCCC1CCN2. The zero-order chi connectivity index (χ0) is 8.60. The van der Waals surface area contributed by atoms with Crippen LogP contribution in [0.25, 0.3) is 0 Å². The summed E-state index contributed by atoms with van der Waals surface area (Å²) in [5.41, 5.74) is -0.0220. The van der Waals surface area contributed by atoms with Crippen molar-refractivity contribution in [2.24, 2.45) is 5.92 Å². The third-order valence-corrected chi connectivity index (χ3v) is 3.39. The van der Waals surface area contributed by atoms with E-state index in [-0.39, 0.29) is 5.54 Å². The Labute approximate surface area is 72.2 Å². The lowest BCUT2D eigenvalue weighted by Gasteiger charge is -2.27. The predicted octanol–water partition coefficient (Wildman–Crippen LogP) is 0.993. The van der Waals surface area contributed by atoms with Gasteiger partial charge in [0.25, 0.3) is 0 Å². The Balaban J connectivity index is 2.11. The highest BCUT2D eigenvalue weighted by Gasteiger charge is 2.46. The second kappa shape index (κ2) is 2.73. The largest absolute Gasteiger partial charge is 0.481 e. The second-order valence-electron chi connectivity index (χ2n) is 4.03. The molecule has 2 N–H and O–H groups in total. The Morgan fingerprint density at radius 3 is 3.17 bits per heavy atom. The van der Waals surface area contributed by atoms with E-state index in [1.54, 1.807) is 0 Å². The maximum absolute atomic E-state index is 10.7. The summed E-state index contributed by atoms with van der Waals surface area (Å²) in [6.45, 7) is 1.01. The first-order valence-corrected chi connectivity index (χ1v) is 4.70. The lowest BCUT2D eigenvalue weighted by molar-refractivity contribution is -0.138. The van der Waals surface area contributed by atoms with Crippen LogP contribution in [-0.4, -0.2) is 23.2 Å². The first-order valence-electron chi connectivity index (χ1n) is 4.70. The monoisotopic (exact) mass is 169 g/mol. The highest BCUT2D eigenvalue weighted by atomic mass is 16.4. The molecule has 1 saturated heterocycles. The van der Waals surface area contributed by atoms with Crippen molar-refractivity contribution in [1.82, 2.24) is 5.32 Å². The third-order valence-electron chi connectivity index (χ3n) is 3.39. The van der Waals surface area contributed by atoms with E-state index in [0.29, 0.717) is 12.3 Å². The number of aliphatic carboxylic acids is 1. The normalized spacial score (nSPS) is 39.8. The number of hydrogen-bond donors (Lipinski definition) is 2. The van der Waals surface area contributed by atoms with Gasteiger partial charge in [0.2, 0.25) is 0 Å². The molecule has 2 aliphatic rings. The Kier molecular flexibility index (Phi) is 1.83. The minimum Gasteiger partial charge on any atom is -0.481 e. The van der Waals surface area contributed by atoms with Crippen LogP contribution in [0.3, 0.4) is 0 Å². The van der Waals surface area contributed by atoms with E-state index in [9.17, 15) is 4.79 Å². The topological polar surface area (TPSA) is 49.3 Å². The summed E-state index contributed by atoms with van der Waals surface area (Å²) < 4.78 is 0. The Hall–Kier alpha value is -0.570.